The fraction of sp³-hybridized carbons (Fsp3) is 0.0556. The fourth-order valence-electron chi connectivity index (χ4n) is 7.38. The molecule has 2 aliphatic rings. The third-order valence-electron chi connectivity index (χ3n) is 9.17. The van der Waals surface area contributed by atoms with Crippen LogP contribution in [-0.4, -0.2) is 68.7 Å². The van der Waals surface area contributed by atoms with E-state index in [0.29, 0.717) is 54.2 Å². The summed E-state index contributed by atoms with van der Waals surface area (Å²) < 4.78 is 0. The molecule has 9 rings (SSSR count). The Morgan fingerprint density at radius 3 is 1.25 bits per heavy atom. The van der Waals surface area contributed by atoms with Gasteiger partial charge in [-0.25, -0.2) is 0 Å². The van der Waals surface area contributed by atoms with Crippen LogP contribution in [0, 0.1) is 0 Å². The molecule has 0 unspecified atom stereocenters. The summed E-state index contributed by atoms with van der Waals surface area (Å²) in [5.74, 6) is -5.46. The van der Waals surface area contributed by atoms with Gasteiger partial charge in [0.25, 0.3) is 23.6 Å². The van der Waals surface area contributed by atoms with Crippen LogP contribution in [0.1, 0.15) is 41.4 Å². The zero-order valence-electron chi connectivity index (χ0n) is 24.4. The molecule has 0 atom stereocenters. The zero-order valence-corrected chi connectivity index (χ0v) is 26.0. The Kier molecular flexibility index (Phi) is 5.75. The minimum absolute atomic E-state index is 0.199. The molecule has 7 aromatic rings. The van der Waals surface area contributed by atoms with Gasteiger partial charge in [0.1, 0.15) is 13.1 Å². The standard InChI is InChI=1S/C36H18N2O8S2/c39-25(40)13-37-33(43)17-8-6-16-28-20(24-4-2-10-48-24)12-22-30-18(34(44)38(36(22)46)14-26(41)42)7-5-15(32(28)30)27-19(23-3-1-9-47-23)11-21(35(37)45)29(17)31(16)27/h1-12H,13-14H2,(H,39,40)(H,41,42). The van der Waals surface area contributed by atoms with Crippen molar-refractivity contribution < 1.29 is 39.0 Å². The van der Waals surface area contributed by atoms with Crippen molar-refractivity contribution in [2.24, 2.45) is 0 Å². The minimum Gasteiger partial charge on any atom is -0.480 e. The van der Waals surface area contributed by atoms with E-state index in [0.717, 1.165) is 19.6 Å². The van der Waals surface area contributed by atoms with Crippen molar-refractivity contribution in [3.63, 3.8) is 0 Å². The van der Waals surface area contributed by atoms with Crippen LogP contribution in [0.5, 0.6) is 0 Å². The molecule has 0 aliphatic carbocycles. The number of imide groups is 2. The molecule has 0 bridgehead atoms. The van der Waals surface area contributed by atoms with Gasteiger partial charge in [0.2, 0.25) is 0 Å². The molecule has 10 nitrogen and oxygen atoms in total. The number of carboxylic acid groups (broad SMARTS) is 2. The van der Waals surface area contributed by atoms with Crippen LogP contribution >= 0.6 is 22.7 Å². The molecule has 2 N–H and O–H groups in total. The van der Waals surface area contributed by atoms with Crippen LogP contribution < -0.4 is 0 Å². The van der Waals surface area contributed by atoms with Gasteiger partial charge in [-0.3, -0.25) is 38.6 Å². The van der Waals surface area contributed by atoms with Gasteiger partial charge in [-0.15, -0.1) is 22.7 Å². The van der Waals surface area contributed by atoms with Crippen molar-refractivity contribution in [1.82, 2.24) is 9.80 Å². The Bertz CT molecular complexity index is 2470. The minimum atomic E-state index is -1.32. The van der Waals surface area contributed by atoms with Gasteiger partial charge in [0.05, 0.1) is 0 Å². The lowest BCUT2D eigenvalue weighted by atomic mass is 9.79. The van der Waals surface area contributed by atoms with E-state index >= 15 is 0 Å². The number of thiophene rings is 2. The maximum atomic E-state index is 13.9. The molecule has 2 aromatic heterocycles. The number of fused-ring (bicyclic) bond motifs is 2. The second-order valence-electron chi connectivity index (χ2n) is 11.6. The molecule has 5 aromatic carbocycles. The summed E-state index contributed by atoms with van der Waals surface area (Å²) in [6.45, 7) is -1.57. The lowest BCUT2D eigenvalue weighted by Gasteiger charge is -2.30. The normalized spacial score (nSPS) is 14.4. The molecule has 0 spiro atoms. The Hall–Kier alpha value is -5.98. The van der Waals surface area contributed by atoms with Crippen molar-refractivity contribution in [3.05, 3.63) is 93.7 Å². The predicted molar refractivity (Wildman–Crippen MR) is 180 cm³/mol. The van der Waals surface area contributed by atoms with Gasteiger partial charge in [-0.2, -0.15) is 0 Å². The summed E-state index contributed by atoms with van der Waals surface area (Å²) in [5, 5.41) is 27.8. The second-order valence-corrected chi connectivity index (χ2v) is 13.5. The van der Waals surface area contributed by atoms with Crippen LogP contribution in [0.25, 0.3) is 64.0 Å². The number of carboxylic acids is 2. The number of benzene rings is 5. The van der Waals surface area contributed by atoms with E-state index < -0.39 is 48.7 Å². The van der Waals surface area contributed by atoms with Crippen LogP contribution in [0.3, 0.4) is 0 Å². The summed E-state index contributed by atoms with van der Waals surface area (Å²) in [4.78, 5) is 81.8. The second kappa shape index (κ2) is 9.77. The number of rotatable bonds is 6. The molecule has 0 saturated heterocycles. The highest BCUT2D eigenvalue weighted by Crippen LogP contribution is 2.52. The highest BCUT2D eigenvalue weighted by atomic mass is 32.1. The molecule has 48 heavy (non-hydrogen) atoms. The summed E-state index contributed by atoms with van der Waals surface area (Å²) in [5.41, 5.74) is 2.16. The molecule has 0 saturated carbocycles. The number of aliphatic carboxylic acids is 2. The number of hydrogen-bond donors (Lipinski definition) is 2. The highest BCUT2D eigenvalue weighted by molar-refractivity contribution is 7.14. The molecular weight excluding hydrogens is 653 g/mol. The molecular formula is C36H18N2O8S2. The third-order valence-corrected chi connectivity index (χ3v) is 11.0. The average molecular weight is 671 g/mol. The van der Waals surface area contributed by atoms with Gasteiger partial charge in [0.15, 0.2) is 0 Å². The first-order valence-electron chi connectivity index (χ1n) is 14.7. The first kappa shape index (κ1) is 28.3. The molecule has 2 aliphatic heterocycles. The van der Waals surface area contributed by atoms with E-state index in [1.165, 1.54) is 22.7 Å². The van der Waals surface area contributed by atoms with E-state index in [-0.39, 0.29) is 22.3 Å². The topological polar surface area (TPSA) is 149 Å². The molecule has 4 heterocycles. The monoisotopic (exact) mass is 670 g/mol. The van der Waals surface area contributed by atoms with Crippen molar-refractivity contribution in [2.75, 3.05) is 13.1 Å². The zero-order chi connectivity index (χ0) is 33.2. The Labute approximate surface area is 277 Å². The van der Waals surface area contributed by atoms with Crippen LogP contribution in [-0.2, 0) is 9.59 Å². The Morgan fingerprint density at radius 2 is 0.896 bits per heavy atom. The number of amides is 4. The van der Waals surface area contributed by atoms with Gasteiger partial charge in [-0.1, -0.05) is 24.3 Å². The molecule has 0 radical (unpaired) electrons. The maximum Gasteiger partial charge on any atom is 0.323 e. The third kappa shape index (κ3) is 3.60. The van der Waals surface area contributed by atoms with Crippen molar-refractivity contribution in [1.29, 1.82) is 0 Å². The Morgan fingerprint density at radius 1 is 0.500 bits per heavy atom. The summed E-state index contributed by atoms with van der Waals surface area (Å²) >= 11 is 2.89. The van der Waals surface area contributed by atoms with E-state index in [9.17, 15) is 39.0 Å². The van der Waals surface area contributed by atoms with E-state index in [1.807, 2.05) is 35.0 Å². The molecule has 12 heteroatoms. The first-order valence-corrected chi connectivity index (χ1v) is 16.4. The lowest BCUT2D eigenvalue weighted by molar-refractivity contribution is -0.138. The quantitative estimate of drug-likeness (QED) is 0.115. The van der Waals surface area contributed by atoms with Gasteiger partial charge in [-0.05, 0) is 79.5 Å². The lowest BCUT2D eigenvalue weighted by Crippen LogP contribution is -2.43. The van der Waals surface area contributed by atoms with Crippen LogP contribution in [0.15, 0.2) is 71.4 Å². The van der Waals surface area contributed by atoms with Crippen molar-refractivity contribution in [3.8, 4) is 20.9 Å². The van der Waals surface area contributed by atoms with E-state index in [1.54, 1.807) is 36.4 Å². The van der Waals surface area contributed by atoms with Crippen molar-refractivity contribution in [2.45, 2.75) is 0 Å². The van der Waals surface area contributed by atoms with Gasteiger partial charge >= 0.3 is 11.9 Å². The smallest absolute Gasteiger partial charge is 0.323 e. The van der Waals surface area contributed by atoms with E-state index in [4.69, 9.17) is 0 Å². The average Bonchev–Trinajstić information content (AvgIpc) is 3.81. The van der Waals surface area contributed by atoms with Crippen molar-refractivity contribution >= 4 is 101 Å². The summed E-state index contributed by atoms with van der Waals surface area (Å²) in [7, 11) is 0. The Balaban J connectivity index is 1.53. The highest BCUT2D eigenvalue weighted by Gasteiger charge is 2.39. The molecule has 0 fully saturated rings. The molecule has 4 amide bonds. The molecule has 232 valence electrons. The largest absolute Gasteiger partial charge is 0.480 e. The summed E-state index contributed by atoms with van der Waals surface area (Å²) in [6, 6.07) is 17.7. The summed E-state index contributed by atoms with van der Waals surface area (Å²) in [6.07, 6.45) is 0. The fourth-order valence-corrected chi connectivity index (χ4v) is 8.87. The van der Waals surface area contributed by atoms with E-state index in [2.05, 4.69) is 0 Å². The van der Waals surface area contributed by atoms with Gasteiger partial charge in [0, 0.05) is 53.9 Å². The number of hydrogen-bond acceptors (Lipinski definition) is 8. The van der Waals surface area contributed by atoms with Crippen LogP contribution in [0.2, 0.25) is 0 Å². The number of carbonyl (C=O) groups is 6. The van der Waals surface area contributed by atoms with Gasteiger partial charge < -0.3 is 10.2 Å². The van der Waals surface area contributed by atoms with Crippen LogP contribution in [0.4, 0.5) is 0 Å². The SMILES string of the molecule is O=C(O)CN1C(=O)c2ccc3c4c(-c5cccs5)cc5c6c(ccc(c7c(-c8cccs8)cc(c2c37)C1=O)c64)C(=O)N(CC(=O)O)C5=O. The first-order chi connectivity index (χ1) is 23.2. The maximum absolute atomic E-state index is 13.9. The predicted octanol–water partition coefficient (Wildman–Crippen LogP) is 6.56. The number of carbonyl (C=O) groups excluding carboxylic acids is 4. The number of nitrogens with zero attached hydrogens (tertiary/aromatic N) is 2.